The molecule has 0 aromatic carbocycles. The fourth-order valence-electron chi connectivity index (χ4n) is 0.635. The van der Waals surface area contributed by atoms with Gasteiger partial charge in [-0.05, 0) is 36.3 Å². The molecule has 0 aliphatic heterocycles. The van der Waals surface area contributed by atoms with Crippen LogP contribution in [0.4, 0.5) is 0 Å². The van der Waals surface area contributed by atoms with Gasteiger partial charge in [-0.25, -0.2) is 0 Å². The molecule has 0 saturated heterocycles. The summed E-state index contributed by atoms with van der Waals surface area (Å²) in [5.41, 5.74) is 2.57. The number of halogens is 1. The van der Waals surface area contributed by atoms with Crippen LogP contribution in [0.3, 0.4) is 0 Å². The first-order valence-corrected chi connectivity index (χ1v) is 4.99. The molecule has 0 spiro atoms. The first-order chi connectivity index (χ1) is 5.16. The molecular formula is C10H15I. The number of hydrogen-bond acceptors (Lipinski definition) is 0. The average molecular weight is 262 g/mol. The molecule has 0 radical (unpaired) electrons. The third-order valence-corrected chi connectivity index (χ3v) is 2.27. The lowest BCUT2D eigenvalue weighted by Crippen LogP contribution is -1.71. The molecule has 0 bridgehead atoms. The van der Waals surface area contributed by atoms with Gasteiger partial charge in [-0.2, -0.15) is 0 Å². The van der Waals surface area contributed by atoms with Crippen molar-refractivity contribution in [3.05, 3.63) is 34.0 Å². The predicted molar refractivity (Wildman–Crippen MR) is 61.0 cm³/mol. The van der Waals surface area contributed by atoms with Gasteiger partial charge in [0.1, 0.15) is 0 Å². The Hall–Kier alpha value is -0.0500. The van der Waals surface area contributed by atoms with Crippen molar-refractivity contribution in [3.8, 4) is 0 Å². The summed E-state index contributed by atoms with van der Waals surface area (Å²) in [5, 5.41) is 0. The lowest BCUT2D eigenvalue weighted by Gasteiger charge is -1.92. The summed E-state index contributed by atoms with van der Waals surface area (Å²) in [6.45, 7) is 8.01. The fraction of sp³-hybridized carbons (Fsp3) is 0.400. The third kappa shape index (κ3) is 7.85. The van der Waals surface area contributed by atoms with Crippen molar-refractivity contribution >= 4 is 22.6 Å². The molecule has 0 amide bonds. The van der Waals surface area contributed by atoms with Crippen LogP contribution in [-0.4, -0.2) is 0 Å². The first-order valence-electron chi connectivity index (χ1n) is 3.74. The summed E-state index contributed by atoms with van der Waals surface area (Å²) >= 11 is 2.25. The summed E-state index contributed by atoms with van der Waals surface area (Å²) in [6, 6.07) is 0. The molecule has 0 saturated carbocycles. The molecule has 0 aliphatic rings. The van der Waals surface area contributed by atoms with Crippen LogP contribution in [0.15, 0.2) is 34.0 Å². The van der Waals surface area contributed by atoms with Gasteiger partial charge in [0.2, 0.25) is 0 Å². The molecular weight excluding hydrogens is 247 g/mol. The van der Waals surface area contributed by atoms with E-state index in [4.69, 9.17) is 0 Å². The van der Waals surface area contributed by atoms with Gasteiger partial charge >= 0.3 is 0 Å². The van der Waals surface area contributed by atoms with E-state index in [1.54, 1.807) is 0 Å². The topological polar surface area (TPSA) is 0 Å². The van der Waals surface area contributed by atoms with Crippen LogP contribution in [0.1, 0.15) is 26.7 Å². The van der Waals surface area contributed by atoms with Crippen molar-refractivity contribution in [2.75, 3.05) is 0 Å². The minimum atomic E-state index is 1.10. The highest BCUT2D eigenvalue weighted by atomic mass is 127. The van der Waals surface area contributed by atoms with E-state index < -0.39 is 0 Å². The van der Waals surface area contributed by atoms with E-state index in [-0.39, 0.29) is 0 Å². The highest BCUT2D eigenvalue weighted by Crippen LogP contribution is 2.04. The Morgan fingerprint density at radius 2 is 2.09 bits per heavy atom. The van der Waals surface area contributed by atoms with Crippen molar-refractivity contribution < 1.29 is 0 Å². The molecule has 0 N–H and O–H groups in total. The molecule has 0 unspecified atom stereocenters. The summed E-state index contributed by atoms with van der Waals surface area (Å²) in [5.74, 6) is 0. The minimum Gasteiger partial charge on any atom is -0.100 e. The van der Waals surface area contributed by atoms with Gasteiger partial charge in [0.25, 0.3) is 0 Å². The van der Waals surface area contributed by atoms with E-state index in [1.165, 1.54) is 11.1 Å². The molecule has 0 aromatic rings. The molecule has 0 rings (SSSR count). The Kier molecular flexibility index (Phi) is 6.62. The van der Waals surface area contributed by atoms with Gasteiger partial charge in [-0.1, -0.05) is 40.3 Å². The van der Waals surface area contributed by atoms with Crippen molar-refractivity contribution in [2.24, 2.45) is 0 Å². The van der Waals surface area contributed by atoms with Gasteiger partial charge in [-0.3, -0.25) is 0 Å². The Balaban J connectivity index is 3.53. The van der Waals surface area contributed by atoms with Crippen molar-refractivity contribution in [1.82, 2.24) is 0 Å². The van der Waals surface area contributed by atoms with Crippen LogP contribution in [0.2, 0.25) is 0 Å². The van der Waals surface area contributed by atoms with Gasteiger partial charge < -0.3 is 0 Å². The monoisotopic (exact) mass is 262 g/mol. The minimum absolute atomic E-state index is 1.10. The largest absolute Gasteiger partial charge is 0.100 e. The van der Waals surface area contributed by atoms with Gasteiger partial charge in [0.05, 0.1) is 0 Å². The normalized spacial score (nSPS) is 12.5. The van der Waals surface area contributed by atoms with Crippen molar-refractivity contribution in [3.63, 3.8) is 0 Å². The van der Waals surface area contributed by atoms with Crippen molar-refractivity contribution in [2.45, 2.75) is 26.7 Å². The fourth-order valence-corrected chi connectivity index (χ4v) is 0.843. The van der Waals surface area contributed by atoms with Crippen molar-refractivity contribution in [1.29, 1.82) is 0 Å². The molecule has 0 heterocycles. The van der Waals surface area contributed by atoms with E-state index in [2.05, 4.69) is 59.3 Å². The maximum Gasteiger partial charge on any atom is -0.0205 e. The van der Waals surface area contributed by atoms with Crippen LogP contribution < -0.4 is 0 Å². The molecule has 0 fully saturated rings. The van der Waals surface area contributed by atoms with Gasteiger partial charge in [0.15, 0.2) is 0 Å². The van der Waals surface area contributed by atoms with Crippen LogP contribution in [0, 0.1) is 0 Å². The average Bonchev–Trinajstić information content (AvgIpc) is 1.97. The zero-order valence-electron chi connectivity index (χ0n) is 7.23. The Bertz CT molecular complexity index is 175. The Labute approximate surface area is 83.2 Å². The number of hydrogen-bond donors (Lipinski definition) is 0. The highest BCUT2D eigenvalue weighted by Gasteiger charge is 1.82. The second kappa shape index (κ2) is 6.65. The van der Waals surface area contributed by atoms with E-state index in [9.17, 15) is 0 Å². The van der Waals surface area contributed by atoms with Crippen LogP contribution in [-0.2, 0) is 0 Å². The quantitative estimate of drug-likeness (QED) is 0.404. The Morgan fingerprint density at radius 1 is 1.45 bits per heavy atom. The predicted octanol–water partition coefficient (Wildman–Crippen LogP) is 4.24. The summed E-state index contributed by atoms with van der Waals surface area (Å²) < 4.78 is 2.08. The molecule has 1 heteroatoms. The molecule has 0 aromatic heterocycles. The summed E-state index contributed by atoms with van der Waals surface area (Å²) in [7, 11) is 0. The Morgan fingerprint density at radius 3 is 2.55 bits per heavy atom. The van der Waals surface area contributed by atoms with Crippen LogP contribution in [0.5, 0.6) is 0 Å². The van der Waals surface area contributed by atoms with Gasteiger partial charge in [-0.15, -0.1) is 6.58 Å². The SMILES string of the molecule is C=C(C)CCC=CC(C)=CI. The molecule has 62 valence electrons. The second-order valence-corrected chi connectivity index (χ2v) is 3.37. The lowest BCUT2D eigenvalue weighted by atomic mass is 10.2. The smallest absolute Gasteiger partial charge is 0.0205 e. The van der Waals surface area contributed by atoms with Gasteiger partial charge in [0, 0.05) is 0 Å². The lowest BCUT2D eigenvalue weighted by molar-refractivity contribution is 0.983. The molecule has 0 nitrogen and oxygen atoms in total. The molecule has 0 atom stereocenters. The van der Waals surface area contributed by atoms with Crippen LogP contribution in [0.25, 0.3) is 0 Å². The summed E-state index contributed by atoms with van der Waals surface area (Å²) in [6.07, 6.45) is 6.55. The number of allylic oxidation sites excluding steroid dienone is 4. The maximum absolute atomic E-state index is 3.84. The molecule has 0 aliphatic carbocycles. The first kappa shape index (κ1) is 11.0. The standard InChI is InChI=1S/C10H15I/c1-9(2)6-4-5-7-10(3)8-11/h5,7-8H,1,4,6H2,2-3H3. The second-order valence-electron chi connectivity index (χ2n) is 2.75. The number of rotatable bonds is 4. The van der Waals surface area contributed by atoms with E-state index in [0.717, 1.165) is 12.8 Å². The van der Waals surface area contributed by atoms with E-state index >= 15 is 0 Å². The highest BCUT2D eigenvalue weighted by molar-refractivity contribution is 14.1. The van der Waals surface area contributed by atoms with Crippen LogP contribution >= 0.6 is 22.6 Å². The summed E-state index contributed by atoms with van der Waals surface area (Å²) in [4.78, 5) is 0. The van der Waals surface area contributed by atoms with E-state index in [0.29, 0.717) is 0 Å². The zero-order chi connectivity index (χ0) is 8.69. The maximum atomic E-state index is 3.84. The third-order valence-electron chi connectivity index (χ3n) is 1.29. The van der Waals surface area contributed by atoms with E-state index in [1.807, 2.05) is 0 Å². The zero-order valence-corrected chi connectivity index (χ0v) is 9.39. The molecule has 11 heavy (non-hydrogen) atoms.